The molecule has 0 aromatic heterocycles. The van der Waals surface area contributed by atoms with Crippen molar-refractivity contribution in [3.8, 4) is 0 Å². The second-order valence-corrected chi connectivity index (χ2v) is 7.41. The minimum absolute atomic E-state index is 0.503. The van der Waals surface area contributed by atoms with Crippen LogP contribution in [-0.4, -0.2) is 33.8 Å². The summed E-state index contributed by atoms with van der Waals surface area (Å²) in [6.07, 6.45) is 9.37. The highest BCUT2D eigenvalue weighted by Gasteiger charge is 2.34. The Labute approximate surface area is 105 Å². The number of hydrogen-bond acceptors (Lipinski definition) is 3. The third-order valence-corrected chi connectivity index (χ3v) is 4.65. The number of hydrogen-bond donors (Lipinski definition) is 2. The summed E-state index contributed by atoms with van der Waals surface area (Å²) < 4.78 is 24.3. The zero-order valence-electron chi connectivity index (χ0n) is 10.6. The Hall–Kier alpha value is -0.130. The van der Waals surface area contributed by atoms with Gasteiger partial charge in [0.25, 0.3) is 0 Å². The lowest BCUT2D eigenvalue weighted by molar-refractivity contribution is 0.262. The molecule has 4 nitrogen and oxygen atoms in total. The molecule has 0 radical (unpaired) electrons. The van der Waals surface area contributed by atoms with Gasteiger partial charge in [0.05, 0.1) is 6.26 Å². The maximum Gasteiger partial charge on any atom is 0.208 e. The molecule has 2 aliphatic rings. The summed E-state index contributed by atoms with van der Waals surface area (Å²) in [6.45, 7) is 1.25. The van der Waals surface area contributed by atoms with Gasteiger partial charge in [-0.15, -0.1) is 0 Å². The van der Waals surface area contributed by atoms with E-state index in [2.05, 4.69) is 10.0 Å². The maximum absolute atomic E-state index is 10.9. The van der Waals surface area contributed by atoms with E-state index in [4.69, 9.17) is 0 Å². The fourth-order valence-electron chi connectivity index (χ4n) is 2.92. The Morgan fingerprint density at radius 1 is 1.06 bits per heavy atom. The van der Waals surface area contributed by atoms with Crippen molar-refractivity contribution in [2.24, 2.45) is 11.8 Å². The molecule has 2 unspecified atom stereocenters. The van der Waals surface area contributed by atoms with Gasteiger partial charge in [0, 0.05) is 19.1 Å². The standard InChI is InChI=1S/C12H24N2O2S/c1-17(15,16)14-8-7-13-12-4-2-3-11(9-12)10-5-6-10/h10-14H,2-9H2,1H3. The molecule has 2 aliphatic carbocycles. The van der Waals surface area contributed by atoms with Crippen LogP contribution in [0.1, 0.15) is 38.5 Å². The largest absolute Gasteiger partial charge is 0.313 e. The van der Waals surface area contributed by atoms with Gasteiger partial charge < -0.3 is 5.32 Å². The Balaban J connectivity index is 1.61. The summed E-state index contributed by atoms with van der Waals surface area (Å²) in [7, 11) is -3.03. The summed E-state index contributed by atoms with van der Waals surface area (Å²) >= 11 is 0. The summed E-state index contributed by atoms with van der Waals surface area (Å²) in [4.78, 5) is 0. The Morgan fingerprint density at radius 2 is 1.82 bits per heavy atom. The first kappa shape index (κ1) is 13.3. The molecule has 2 N–H and O–H groups in total. The summed E-state index contributed by atoms with van der Waals surface area (Å²) in [5.41, 5.74) is 0. The highest BCUT2D eigenvalue weighted by Crippen LogP contribution is 2.43. The lowest BCUT2D eigenvalue weighted by Crippen LogP contribution is -2.39. The third-order valence-electron chi connectivity index (χ3n) is 3.93. The van der Waals surface area contributed by atoms with E-state index in [0.717, 1.165) is 18.4 Å². The number of nitrogens with one attached hydrogen (secondary N) is 2. The van der Waals surface area contributed by atoms with Gasteiger partial charge in [0.15, 0.2) is 0 Å². The molecule has 0 heterocycles. The van der Waals surface area contributed by atoms with E-state index >= 15 is 0 Å². The summed E-state index contributed by atoms with van der Waals surface area (Å²) in [5, 5.41) is 3.48. The van der Waals surface area contributed by atoms with E-state index in [9.17, 15) is 8.42 Å². The van der Waals surface area contributed by atoms with Gasteiger partial charge >= 0.3 is 0 Å². The molecule has 0 aromatic carbocycles. The van der Waals surface area contributed by atoms with Gasteiger partial charge in [-0.05, 0) is 37.5 Å². The van der Waals surface area contributed by atoms with Gasteiger partial charge in [-0.25, -0.2) is 13.1 Å². The van der Waals surface area contributed by atoms with Crippen LogP contribution in [0.2, 0.25) is 0 Å². The predicted octanol–water partition coefficient (Wildman–Crippen LogP) is 1.09. The molecule has 17 heavy (non-hydrogen) atoms. The van der Waals surface area contributed by atoms with E-state index in [0.29, 0.717) is 12.6 Å². The summed E-state index contributed by atoms with van der Waals surface area (Å²) in [5.74, 6) is 1.94. The van der Waals surface area contributed by atoms with Crippen LogP contribution in [-0.2, 0) is 10.0 Å². The quantitative estimate of drug-likeness (QED) is 0.703. The van der Waals surface area contributed by atoms with Crippen LogP contribution in [0, 0.1) is 11.8 Å². The smallest absolute Gasteiger partial charge is 0.208 e. The minimum Gasteiger partial charge on any atom is -0.313 e. The van der Waals surface area contributed by atoms with Gasteiger partial charge in [0.2, 0.25) is 10.0 Å². The van der Waals surface area contributed by atoms with E-state index in [1.807, 2.05) is 0 Å². The summed E-state index contributed by atoms with van der Waals surface area (Å²) in [6, 6.07) is 0.607. The molecule has 5 heteroatoms. The van der Waals surface area contributed by atoms with Crippen molar-refractivity contribution in [3.05, 3.63) is 0 Å². The second-order valence-electron chi connectivity index (χ2n) is 5.58. The molecule has 0 amide bonds. The Bertz CT molecular complexity index is 338. The highest BCUT2D eigenvalue weighted by molar-refractivity contribution is 7.88. The van der Waals surface area contributed by atoms with Crippen molar-refractivity contribution in [2.75, 3.05) is 19.3 Å². The average molecular weight is 260 g/mol. The van der Waals surface area contributed by atoms with E-state index in [1.54, 1.807) is 0 Å². The van der Waals surface area contributed by atoms with Crippen molar-refractivity contribution in [2.45, 2.75) is 44.6 Å². The molecule has 2 atom stereocenters. The zero-order valence-corrected chi connectivity index (χ0v) is 11.4. The van der Waals surface area contributed by atoms with Gasteiger partial charge in [-0.3, -0.25) is 0 Å². The van der Waals surface area contributed by atoms with Crippen LogP contribution in [0.15, 0.2) is 0 Å². The lowest BCUT2D eigenvalue weighted by atomic mass is 9.83. The van der Waals surface area contributed by atoms with E-state index in [1.165, 1.54) is 44.8 Å². The van der Waals surface area contributed by atoms with Crippen LogP contribution >= 0.6 is 0 Å². The highest BCUT2D eigenvalue weighted by atomic mass is 32.2. The SMILES string of the molecule is CS(=O)(=O)NCCNC1CCCC(C2CC2)C1. The van der Waals surface area contributed by atoms with E-state index in [-0.39, 0.29) is 0 Å². The Kier molecular flexibility index (Phi) is 4.44. The monoisotopic (exact) mass is 260 g/mol. The van der Waals surface area contributed by atoms with Crippen molar-refractivity contribution < 1.29 is 8.42 Å². The third kappa shape index (κ3) is 4.94. The second kappa shape index (κ2) is 5.67. The van der Waals surface area contributed by atoms with Crippen molar-refractivity contribution in [3.63, 3.8) is 0 Å². The van der Waals surface area contributed by atoms with Crippen LogP contribution in [0.25, 0.3) is 0 Å². The first-order valence-electron chi connectivity index (χ1n) is 6.72. The molecule has 2 saturated carbocycles. The first-order chi connectivity index (χ1) is 8.04. The molecule has 0 bridgehead atoms. The van der Waals surface area contributed by atoms with Gasteiger partial charge in [0.1, 0.15) is 0 Å². The molecular weight excluding hydrogens is 236 g/mol. The fraction of sp³-hybridized carbons (Fsp3) is 1.00. The molecule has 0 spiro atoms. The molecular formula is C12H24N2O2S. The lowest BCUT2D eigenvalue weighted by Gasteiger charge is -2.30. The fourth-order valence-corrected chi connectivity index (χ4v) is 3.39. The number of sulfonamides is 1. The molecule has 0 aromatic rings. The maximum atomic E-state index is 10.9. The van der Waals surface area contributed by atoms with Crippen molar-refractivity contribution in [1.29, 1.82) is 0 Å². The molecule has 2 fully saturated rings. The van der Waals surface area contributed by atoms with Crippen LogP contribution in [0.3, 0.4) is 0 Å². The van der Waals surface area contributed by atoms with Crippen molar-refractivity contribution >= 4 is 10.0 Å². The van der Waals surface area contributed by atoms with E-state index < -0.39 is 10.0 Å². The topological polar surface area (TPSA) is 58.2 Å². The van der Waals surface area contributed by atoms with Gasteiger partial charge in [-0.2, -0.15) is 0 Å². The minimum atomic E-state index is -3.03. The van der Waals surface area contributed by atoms with Crippen LogP contribution < -0.4 is 10.0 Å². The predicted molar refractivity (Wildman–Crippen MR) is 69.3 cm³/mol. The molecule has 2 rings (SSSR count). The molecule has 0 aliphatic heterocycles. The first-order valence-corrected chi connectivity index (χ1v) is 8.62. The Morgan fingerprint density at radius 3 is 2.47 bits per heavy atom. The van der Waals surface area contributed by atoms with Crippen LogP contribution in [0.4, 0.5) is 0 Å². The average Bonchev–Trinajstić information content (AvgIpc) is 3.07. The van der Waals surface area contributed by atoms with Crippen molar-refractivity contribution in [1.82, 2.24) is 10.0 Å². The van der Waals surface area contributed by atoms with Gasteiger partial charge in [-0.1, -0.05) is 12.8 Å². The zero-order chi connectivity index (χ0) is 12.3. The molecule has 100 valence electrons. The number of rotatable bonds is 6. The van der Waals surface area contributed by atoms with Crippen LogP contribution in [0.5, 0.6) is 0 Å². The molecule has 0 saturated heterocycles. The normalized spacial score (nSPS) is 30.4.